The lowest BCUT2D eigenvalue weighted by molar-refractivity contribution is 0.475. The zero-order chi connectivity index (χ0) is 18.3. The van der Waals surface area contributed by atoms with Crippen molar-refractivity contribution in [3.63, 3.8) is 0 Å². The van der Waals surface area contributed by atoms with E-state index in [2.05, 4.69) is 9.97 Å². The van der Waals surface area contributed by atoms with Gasteiger partial charge >= 0.3 is 0 Å². The summed E-state index contributed by atoms with van der Waals surface area (Å²) < 4.78 is 14.3. The summed E-state index contributed by atoms with van der Waals surface area (Å²) in [6.45, 7) is 0. The van der Waals surface area contributed by atoms with Crippen molar-refractivity contribution in [3.8, 4) is 28.1 Å². The van der Waals surface area contributed by atoms with E-state index in [1.807, 2.05) is 24.3 Å². The smallest absolute Gasteiger partial charge is 0.172 e. The van der Waals surface area contributed by atoms with Gasteiger partial charge in [-0.05, 0) is 29.7 Å². The van der Waals surface area contributed by atoms with Gasteiger partial charge in [0.15, 0.2) is 10.9 Å². The zero-order valence-corrected chi connectivity index (χ0v) is 14.8. The maximum atomic E-state index is 14.3. The molecule has 26 heavy (non-hydrogen) atoms. The molecule has 2 aromatic heterocycles. The van der Waals surface area contributed by atoms with Crippen LogP contribution in [-0.4, -0.2) is 15.1 Å². The summed E-state index contributed by atoms with van der Waals surface area (Å²) in [6, 6.07) is 13.4. The molecular formula is C20H11Cl2FN2O. The fraction of sp³-hybridized carbons (Fsp3) is 0. The number of pyridine rings is 2. The molecule has 2 aromatic carbocycles. The lowest BCUT2D eigenvalue weighted by Crippen LogP contribution is -1.93. The molecule has 0 amide bonds. The quantitative estimate of drug-likeness (QED) is 0.423. The molecule has 0 aliphatic rings. The molecule has 3 nitrogen and oxygen atoms in total. The highest BCUT2D eigenvalue weighted by molar-refractivity contribution is 6.32. The van der Waals surface area contributed by atoms with Crippen molar-refractivity contribution in [2.75, 3.05) is 0 Å². The summed E-state index contributed by atoms with van der Waals surface area (Å²) in [6.07, 6.45) is 3.36. The van der Waals surface area contributed by atoms with Crippen molar-refractivity contribution in [1.82, 2.24) is 9.97 Å². The van der Waals surface area contributed by atoms with Crippen molar-refractivity contribution in [1.29, 1.82) is 0 Å². The van der Waals surface area contributed by atoms with E-state index in [0.29, 0.717) is 16.1 Å². The first-order valence-corrected chi connectivity index (χ1v) is 8.48. The molecule has 0 bridgehead atoms. The lowest BCUT2D eigenvalue weighted by Gasteiger charge is -2.12. The number of fused-ring (bicyclic) bond motifs is 1. The predicted molar refractivity (Wildman–Crippen MR) is 102 cm³/mol. The van der Waals surface area contributed by atoms with Crippen LogP contribution >= 0.6 is 23.2 Å². The van der Waals surface area contributed by atoms with Crippen molar-refractivity contribution in [3.05, 3.63) is 76.9 Å². The molecule has 1 N–H and O–H groups in total. The van der Waals surface area contributed by atoms with Gasteiger partial charge in [-0.15, -0.1) is 0 Å². The lowest BCUT2D eigenvalue weighted by atomic mass is 9.99. The highest BCUT2D eigenvalue weighted by Gasteiger charge is 2.17. The van der Waals surface area contributed by atoms with Gasteiger partial charge in [-0.3, -0.25) is 4.98 Å². The molecule has 6 heteroatoms. The third kappa shape index (κ3) is 2.87. The van der Waals surface area contributed by atoms with Gasteiger partial charge in [0.1, 0.15) is 5.82 Å². The second kappa shape index (κ2) is 6.56. The Bertz CT molecular complexity index is 1140. The number of nitrogens with zero attached hydrogens (tertiary/aromatic N) is 2. The summed E-state index contributed by atoms with van der Waals surface area (Å²) in [5.74, 6) is -0.665. The van der Waals surface area contributed by atoms with Crippen LogP contribution < -0.4 is 0 Å². The Labute approximate surface area is 158 Å². The normalized spacial score (nSPS) is 11.0. The maximum absolute atomic E-state index is 14.3. The Kier molecular flexibility index (Phi) is 4.23. The summed E-state index contributed by atoms with van der Waals surface area (Å²) in [5.41, 5.74) is 1.57. The van der Waals surface area contributed by atoms with Crippen LogP contribution in [0, 0.1) is 5.82 Å². The van der Waals surface area contributed by atoms with E-state index in [1.165, 1.54) is 18.2 Å². The predicted octanol–water partition coefficient (Wildman–Crippen LogP) is 6.12. The average Bonchev–Trinajstić information content (AvgIpc) is 2.65. The Hall–Kier alpha value is -2.69. The van der Waals surface area contributed by atoms with Crippen LogP contribution in [0.15, 0.2) is 60.9 Å². The SMILES string of the molecule is Oc1c(-c2cncc3ccccc23)cc(-c2cc(Cl)ccc2F)nc1Cl. The molecule has 128 valence electrons. The number of halogens is 3. The Balaban J connectivity index is 2.00. The van der Waals surface area contributed by atoms with Gasteiger partial charge in [-0.25, -0.2) is 9.37 Å². The third-order valence-corrected chi connectivity index (χ3v) is 4.61. The van der Waals surface area contributed by atoms with Crippen LogP contribution in [0.25, 0.3) is 33.2 Å². The topological polar surface area (TPSA) is 46.0 Å². The second-order valence-corrected chi connectivity index (χ2v) is 6.52. The fourth-order valence-corrected chi connectivity index (χ4v) is 3.24. The standard InChI is InChI=1S/C20H11Cl2FN2O/c21-12-5-6-17(23)15(7-12)18-8-14(19(26)20(22)25-18)16-10-24-9-11-3-1-2-4-13(11)16/h1-10,26H. The molecule has 0 aliphatic carbocycles. The van der Waals surface area contributed by atoms with E-state index in [1.54, 1.807) is 18.5 Å². The molecule has 0 atom stereocenters. The Morgan fingerprint density at radius 3 is 2.54 bits per heavy atom. The van der Waals surface area contributed by atoms with E-state index in [0.717, 1.165) is 10.8 Å². The molecule has 0 radical (unpaired) electrons. The van der Waals surface area contributed by atoms with Crippen molar-refractivity contribution in [2.45, 2.75) is 0 Å². The summed E-state index contributed by atoms with van der Waals surface area (Å²) >= 11 is 12.1. The number of hydrogen-bond acceptors (Lipinski definition) is 3. The van der Waals surface area contributed by atoms with Crippen LogP contribution in [0.1, 0.15) is 0 Å². The number of rotatable bonds is 2. The summed E-state index contributed by atoms with van der Waals surface area (Å²) in [5, 5.41) is 12.5. The number of hydrogen-bond donors (Lipinski definition) is 1. The van der Waals surface area contributed by atoms with Crippen molar-refractivity contribution < 1.29 is 9.50 Å². The largest absolute Gasteiger partial charge is 0.504 e. The minimum absolute atomic E-state index is 0.121. The van der Waals surface area contributed by atoms with Crippen LogP contribution in [0.4, 0.5) is 4.39 Å². The van der Waals surface area contributed by atoms with Gasteiger partial charge in [0, 0.05) is 39.5 Å². The van der Waals surface area contributed by atoms with Crippen LogP contribution in [0.3, 0.4) is 0 Å². The molecule has 2 heterocycles. The van der Waals surface area contributed by atoms with E-state index in [4.69, 9.17) is 23.2 Å². The van der Waals surface area contributed by atoms with Gasteiger partial charge in [0.05, 0.1) is 5.69 Å². The van der Waals surface area contributed by atoms with Crippen LogP contribution in [0.2, 0.25) is 10.2 Å². The second-order valence-electron chi connectivity index (χ2n) is 5.73. The molecule has 0 saturated heterocycles. The van der Waals surface area contributed by atoms with E-state index >= 15 is 0 Å². The molecule has 0 spiro atoms. The molecule has 4 rings (SSSR count). The fourth-order valence-electron chi connectivity index (χ4n) is 2.88. The van der Waals surface area contributed by atoms with E-state index in [9.17, 15) is 9.50 Å². The monoisotopic (exact) mass is 384 g/mol. The van der Waals surface area contributed by atoms with Crippen LogP contribution in [0.5, 0.6) is 5.75 Å². The minimum atomic E-state index is -0.481. The van der Waals surface area contributed by atoms with Crippen molar-refractivity contribution in [2.24, 2.45) is 0 Å². The Morgan fingerprint density at radius 1 is 0.885 bits per heavy atom. The van der Waals surface area contributed by atoms with Gasteiger partial charge in [0.2, 0.25) is 0 Å². The first kappa shape index (κ1) is 16.8. The van der Waals surface area contributed by atoms with Crippen molar-refractivity contribution >= 4 is 34.0 Å². The molecular weight excluding hydrogens is 374 g/mol. The number of aromatic hydroxyl groups is 1. The third-order valence-electron chi connectivity index (χ3n) is 4.11. The maximum Gasteiger partial charge on any atom is 0.172 e. The van der Waals surface area contributed by atoms with Crippen LogP contribution in [-0.2, 0) is 0 Å². The van der Waals surface area contributed by atoms with Gasteiger partial charge in [-0.1, -0.05) is 47.5 Å². The molecule has 0 saturated carbocycles. The number of aromatic nitrogens is 2. The highest BCUT2D eigenvalue weighted by atomic mass is 35.5. The van der Waals surface area contributed by atoms with Gasteiger partial charge in [0.25, 0.3) is 0 Å². The molecule has 0 unspecified atom stereocenters. The first-order valence-electron chi connectivity index (χ1n) is 7.72. The minimum Gasteiger partial charge on any atom is -0.504 e. The van der Waals surface area contributed by atoms with E-state index in [-0.39, 0.29) is 22.2 Å². The first-order chi connectivity index (χ1) is 12.5. The Morgan fingerprint density at radius 2 is 1.69 bits per heavy atom. The summed E-state index contributed by atoms with van der Waals surface area (Å²) in [7, 11) is 0. The van der Waals surface area contributed by atoms with Gasteiger partial charge in [-0.2, -0.15) is 0 Å². The number of benzene rings is 2. The van der Waals surface area contributed by atoms with Gasteiger partial charge < -0.3 is 5.11 Å². The van der Waals surface area contributed by atoms with E-state index < -0.39 is 5.82 Å². The molecule has 0 aliphatic heterocycles. The zero-order valence-electron chi connectivity index (χ0n) is 13.2. The average molecular weight is 385 g/mol. The molecule has 4 aromatic rings. The molecule has 0 fully saturated rings. The summed E-state index contributed by atoms with van der Waals surface area (Å²) in [4.78, 5) is 8.33. The highest BCUT2D eigenvalue weighted by Crippen LogP contribution is 2.40.